The Morgan fingerprint density at radius 1 is 1.62 bits per heavy atom. The summed E-state index contributed by atoms with van der Waals surface area (Å²) in [4.78, 5) is 14.0. The number of carbonyl (C=O) groups excluding carboxylic acids is 1. The van der Waals surface area contributed by atoms with E-state index in [0.717, 1.165) is 12.2 Å². The minimum atomic E-state index is -0.462. The molecule has 2 amide bonds. The van der Waals surface area contributed by atoms with Gasteiger partial charge in [-0.05, 0) is 31.4 Å². The maximum Gasteiger partial charge on any atom is 0.318 e. The molecule has 0 radical (unpaired) electrons. The van der Waals surface area contributed by atoms with Crippen LogP contribution in [0, 0.1) is 12.8 Å². The Morgan fingerprint density at radius 3 is 2.95 bits per heavy atom. The van der Waals surface area contributed by atoms with E-state index < -0.39 is 6.10 Å². The lowest BCUT2D eigenvalue weighted by atomic mass is 9.96. The average molecular weight is 296 g/mol. The van der Waals surface area contributed by atoms with Crippen LogP contribution in [0.25, 0.3) is 0 Å². The number of methoxy groups -OCH3 is 1. The second kappa shape index (κ2) is 6.95. The van der Waals surface area contributed by atoms with Crippen molar-refractivity contribution >= 4 is 6.03 Å². The highest BCUT2D eigenvalue weighted by Crippen LogP contribution is 2.20. The standard InChI is InChI=1S/C15H24N2O4/c1-10-6-7-17(8-13(10)18)15(19)16-12(9-20-3)14-5-4-11(2)21-14/h4-5,10,12-13,18H,6-9H2,1-3H3,(H,16,19). The number of urea groups is 1. The molecule has 1 aromatic rings. The number of amides is 2. The Kier molecular flexibility index (Phi) is 5.25. The zero-order chi connectivity index (χ0) is 15.4. The second-order valence-corrected chi connectivity index (χ2v) is 5.69. The molecule has 2 N–H and O–H groups in total. The molecule has 6 heteroatoms. The highest BCUT2D eigenvalue weighted by Gasteiger charge is 2.29. The second-order valence-electron chi connectivity index (χ2n) is 5.69. The van der Waals surface area contributed by atoms with Gasteiger partial charge in [0.1, 0.15) is 17.6 Å². The van der Waals surface area contributed by atoms with Crippen molar-refractivity contribution in [3.63, 3.8) is 0 Å². The van der Waals surface area contributed by atoms with E-state index >= 15 is 0 Å². The molecule has 1 saturated heterocycles. The van der Waals surface area contributed by atoms with E-state index in [0.29, 0.717) is 25.5 Å². The van der Waals surface area contributed by atoms with Gasteiger partial charge in [-0.1, -0.05) is 6.92 Å². The molecule has 6 nitrogen and oxygen atoms in total. The predicted molar refractivity (Wildman–Crippen MR) is 78.0 cm³/mol. The van der Waals surface area contributed by atoms with Crippen LogP contribution in [0.4, 0.5) is 4.79 Å². The summed E-state index contributed by atoms with van der Waals surface area (Å²) in [6.45, 7) is 5.22. The summed E-state index contributed by atoms with van der Waals surface area (Å²) in [7, 11) is 1.58. The SMILES string of the molecule is COCC(NC(=O)N1CCC(C)C(O)C1)c1ccc(C)o1. The molecule has 1 aliphatic rings. The Balaban J connectivity index is 1.98. The van der Waals surface area contributed by atoms with Crippen LogP contribution in [-0.2, 0) is 4.74 Å². The third kappa shape index (κ3) is 3.98. The van der Waals surface area contributed by atoms with Crippen LogP contribution >= 0.6 is 0 Å². The molecule has 2 heterocycles. The van der Waals surface area contributed by atoms with Crippen LogP contribution in [0.2, 0.25) is 0 Å². The number of hydrogen-bond donors (Lipinski definition) is 2. The molecule has 0 aromatic carbocycles. The third-order valence-corrected chi connectivity index (χ3v) is 3.94. The molecule has 0 bridgehead atoms. The van der Waals surface area contributed by atoms with Crippen molar-refractivity contribution in [1.29, 1.82) is 0 Å². The molecule has 1 aliphatic heterocycles. The van der Waals surface area contributed by atoms with Gasteiger partial charge in [0.2, 0.25) is 0 Å². The molecule has 0 saturated carbocycles. The first-order valence-corrected chi connectivity index (χ1v) is 7.30. The Bertz CT molecular complexity index is 474. The summed E-state index contributed by atoms with van der Waals surface area (Å²) in [5.74, 6) is 1.70. The first-order chi connectivity index (χ1) is 10.0. The van der Waals surface area contributed by atoms with Gasteiger partial charge in [0, 0.05) is 20.2 Å². The maximum absolute atomic E-state index is 12.3. The van der Waals surface area contributed by atoms with Crippen molar-refractivity contribution in [1.82, 2.24) is 10.2 Å². The van der Waals surface area contributed by atoms with E-state index in [1.54, 1.807) is 12.0 Å². The number of furan rings is 1. The van der Waals surface area contributed by atoms with E-state index in [1.165, 1.54) is 0 Å². The van der Waals surface area contributed by atoms with Crippen LogP contribution in [0.15, 0.2) is 16.5 Å². The van der Waals surface area contributed by atoms with Gasteiger partial charge in [-0.25, -0.2) is 4.79 Å². The minimum Gasteiger partial charge on any atom is -0.464 e. The smallest absolute Gasteiger partial charge is 0.318 e. The maximum atomic E-state index is 12.3. The molecule has 1 fully saturated rings. The topological polar surface area (TPSA) is 74.9 Å². The number of hydrogen-bond acceptors (Lipinski definition) is 4. The fourth-order valence-electron chi connectivity index (χ4n) is 2.48. The monoisotopic (exact) mass is 296 g/mol. The van der Waals surface area contributed by atoms with E-state index in [1.807, 2.05) is 26.0 Å². The molecule has 118 valence electrons. The summed E-state index contributed by atoms with van der Waals surface area (Å²) in [5, 5.41) is 12.8. The molecule has 2 rings (SSSR count). The van der Waals surface area contributed by atoms with Crippen molar-refractivity contribution < 1.29 is 19.1 Å². The average Bonchev–Trinajstić information content (AvgIpc) is 2.88. The number of likely N-dealkylation sites (tertiary alicyclic amines) is 1. The number of rotatable bonds is 4. The summed E-state index contributed by atoms with van der Waals surface area (Å²) in [5.41, 5.74) is 0. The normalized spacial score (nSPS) is 23.9. The number of carbonyl (C=O) groups is 1. The Morgan fingerprint density at radius 2 is 2.38 bits per heavy atom. The zero-order valence-electron chi connectivity index (χ0n) is 12.8. The van der Waals surface area contributed by atoms with Gasteiger partial charge in [0.15, 0.2) is 0 Å². The number of aliphatic hydroxyl groups is 1. The van der Waals surface area contributed by atoms with Crippen molar-refractivity contribution in [3.05, 3.63) is 23.7 Å². The number of piperidine rings is 1. The predicted octanol–water partition coefficient (Wildman–Crippen LogP) is 1.69. The lowest BCUT2D eigenvalue weighted by Crippen LogP contribution is -2.50. The third-order valence-electron chi connectivity index (χ3n) is 3.94. The number of ether oxygens (including phenoxy) is 1. The summed E-state index contributed by atoms with van der Waals surface area (Å²) in [6.07, 6.45) is 0.347. The number of β-amino-alcohol motifs (C(OH)–C–C–N with tert-alkyl or cyclic N) is 1. The highest BCUT2D eigenvalue weighted by atomic mass is 16.5. The number of aryl methyl sites for hydroxylation is 1. The first kappa shape index (κ1) is 15.9. The molecule has 0 spiro atoms. The molecule has 3 unspecified atom stereocenters. The van der Waals surface area contributed by atoms with E-state index in [9.17, 15) is 9.90 Å². The lowest BCUT2D eigenvalue weighted by molar-refractivity contribution is 0.0417. The number of nitrogens with zero attached hydrogens (tertiary/aromatic N) is 1. The molecule has 3 atom stereocenters. The van der Waals surface area contributed by atoms with E-state index in [-0.39, 0.29) is 18.0 Å². The molecule has 1 aromatic heterocycles. The van der Waals surface area contributed by atoms with Crippen molar-refractivity contribution in [2.45, 2.75) is 32.4 Å². The van der Waals surface area contributed by atoms with Gasteiger partial charge in [0.25, 0.3) is 0 Å². The van der Waals surface area contributed by atoms with Gasteiger partial charge >= 0.3 is 6.03 Å². The van der Waals surface area contributed by atoms with E-state index in [4.69, 9.17) is 9.15 Å². The van der Waals surface area contributed by atoms with Gasteiger partial charge in [-0.3, -0.25) is 0 Å². The van der Waals surface area contributed by atoms with Gasteiger partial charge in [-0.15, -0.1) is 0 Å². The number of aliphatic hydroxyl groups excluding tert-OH is 1. The highest BCUT2D eigenvalue weighted by molar-refractivity contribution is 5.74. The summed E-state index contributed by atoms with van der Waals surface area (Å²) < 4.78 is 10.7. The Hall–Kier alpha value is -1.53. The van der Waals surface area contributed by atoms with Crippen LogP contribution in [0.3, 0.4) is 0 Å². The van der Waals surface area contributed by atoms with Gasteiger partial charge < -0.3 is 24.5 Å². The number of nitrogens with one attached hydrogen (secondary N) is 1. The van der Waals surface area contributed by atoms with Crippen molar-refractivity contribution in [3.8, 4) is 0 Å². The molecular formula is C15H24N2O4. The molecular weight excluding hydrogens is 272 g/mol. The summed E-state index contributed by atoms with van der Waals surface area (Å²) >= 11 is 0. The van der Waals surface area contributed by atoms with Gasteiger partial charge in [0.05, 0.1) is 12.7 Å². The minimum absolute atomic E-state index is 0.197. The lowest BCUT2D eigenvalue weighted by Gasteiger charge is -2.35. The Labute approximate surface area is 125 Å². The van der Waals surface area contributed by atoms with E-state index in [2.05, 4.69) is 5.32 Å². The van der Waals surface area contributed by atoms with Crippen molar-refractivity contribution in [2.24, 2.45) is 5.92 Å². The van der Waals surface area contributed by atoms with Gasteiger partial charge in [-0.2, -0.15) is 0 Å². The summed E-state index contributed by atoms with van der Waals surface area (Å²) in [6, 6.07) is 3.17. The van der Waals surface area contributed by atoms with Crippen LogP contribution < -0.4 is 5.32 Å². The largest absolute Gasteiger partial charge is 0.464 e. The molecule has 0 aliphatic carbocycles. The first-order valence-electron chi connectivity index (χ1n) is 7.30. The fraction of sp³-hybridized carbons (Fsp3) is 0.667. The fourth-order valence-corrected chi connectivity index (χ4v) is 2.48. The van der Waals surface area contributed by atoms with Crippen LogP contribution in [-0.4, -0.2) is 48.9 Å². The van der Waals surface area contributed by atoms with Crippen LogP contribution in [0.1, 0.15) is 30.9 Å². The van der Waals surface area contributed by atoms with Crippen molar-refractivity contribution in [2.75, 3.05) is 26.8 Å². The zero-order valence-corrected chi connectivity index (χ0v) is 12.8. The molecule has 21 heavy (non-hydrogen) atoms. The quantitative estimate of drug-likeness (QED) is 0.886. The van der Waals surface area contributed by atoms with Crippen LogP contribution in [0.5, 0.6) is 0 Å².